The molecule has 2 heteroatoms. The quantitative estimate of drug-likeness (QED) is 0.749. The molecule has 0 aromatic heterocycles. The standard InChI is InChI=1S/C19H30FN/c1-14(2)12-21-13-17-7-5-4-6-8-18(17)16-10-9-15(3)19(20)11-16/h9-11,14,17-18,21H,4-8,12-13H2,1-3H3. The van der Waals surface area contributed by atoms with Crippen LogP contribution in [0.2, 0.25) is 0 Å². The summed E-state index contributed by atoms with van der Waals surface area (Å²) in [7, 11) is 0. The van der Waals surface area contributed by atoms with Crippen LogP contribution in [0.4, 0.5) is 4.39 Å². The second-order valence-electron chi connectivity index (χ2n) is 7.07. The Morgan fingerprint density at radius 2 is 1.95 bits per heavy atom. The van der Waals surface area contributed by atoms with E-state index >= 15 is 0 Å². The van der Waals surface area contributed by atoms with Crippen LogP contribution in [-0.4, -0.2) is 13.1 Å². The van der Waals surface area contributed by atoms with E-state index in [2.05, 4.69) is 25.2 Å². The summed E-state index contributed by atoms with van der Waals surface area (Å²) in [5.41, 5.74) is 1.96. The second-order valence-corrected chi connectivity index (χ2v) is 7.07. The lowest BCUT2D eigenvalue weighted by Gasteiger charge is -2.26. The number of halogens is 1. The first-order chi connectivity index (χ1) is 10.1. The number of aryl methyl sites for hydroxylation is 1. The van der Waals surface area contributed by atoms with Gasteiger partial charge in [-0.1, -0.05) is 45.2 Å². The molecular weight excluding hydrogens is 261 g/mol. The number of hydrogen-bond acceptors (Lipinski definition) is 1. The lowest BCUT2D eigenvalue weighted by Crippen LogP contribution is -2.29. The molecule has 21 heavy (non-hydrogen) atoms. The van der Waals surface area contributed by atoms with Crippen molar-refractivity contribution in [2.24, 2.45) is 11.8 Å². The van der Waals surface area contributed by atoms with Crippen LogP contribution in [-0.2, 0) is 0 Å². The summed E-state index contributed by atoms with van der Waals surface area (Å²) < 4.78 is 13.9. The van der Waals surface area contributed by atoms with Gasteiger partial charge in [0.15, 0.2) is 0 Å². The van der Waals surface area contributed by atoms with Crippen LogP contribution in [0.15, 0.2) is 18.2 Å². The molecule has 1 aromatic carbocycles. The molecule has 0 spiro atoms. The minimum absolute atomic E-state index is 0.0503. The third-order valence-electron chi connectivity index (χ3n) is 4.74. The molecule has 0 aliphatic heterocycles. The molecule has 0 heterocycles. The molecule has 0 saturated heterocycles. The molecule has 1 aliphatic rings. The summed E-state index contributed by atoms with van der Waals surface area (Å²) in [4.78, 5) is 0. The van der Waals surface area contributed by atoms with E-state index in [1.807, 2.05) is 13.0 Å². The molecule has 2 atom stereocenters. The molecule has 118 valence electrons. The van der Waals surface area contributed by atoms with Crippen molar-refractivity contribution in [3.05, 3.63) is 35.1 Å². The van der Waals surface area contributed by atoms with Gasteiger partial charge in [0, 0.05) is 0 Å². The molecule has 2 rings (SSSR count). The SMILES string of the molecule is Cc1ccc(C2CCCCCC2CNCC(C)C)cc1F. The molecule has 1 saturated carbocycles. The molecule has 1 nitrogen and oxygen atoms in total. The summed E-state index contributed by atoms with van der Waals surface area (Å²) in [5, 5.41) is 3.61. The average molecular weight is 291 g/mol. The van der Waals surface area contributed by atoms with Gasteiger partial charge < -0.3 is 5.32 Å². The zero-order valence-corrected chi connectivity index (χ0v) is 13.8. The lowest BCUT2D eigenvalue weighted by atomic mass is 9.82. The minimum Gasteiger partial charge on any atom is -0.316 e. The van der Waals surface area contributed by atoms with E-state index in [9.17, 15) is 4.39 Å². The van der Waals surface area contributed by atoms with Crippen LogP contribution in [0.25, 0.3) is 0 Å². The first-order valence-corrected chi connectivity index (χ1v) is 8.54. The Labute approximate surface area is 129 Å². The molecule has 2 unspecified atom stereocenters. The van der Waals surface area contributed by atoms with Gasteiger partial charge in [-0.05, 0) is 67.8 Å². The molecule has 0 amide bonds. The Balaban J connectivity index is 2.09. The van der Waals surface area contributed by atoms with E-state index in [0.29, 0.717) is 17.8 Å². The molecule has 1 N–H and O–H groups in total. The minimum atomic E-state index is -0.0503. The number of benzene rings is 1. The Morgan fingerprint density at radius 1 is 1.19 bits per heavy atom. The van der Waals surface area contributed by atoms with Crippen molar-refractivity contribution in [3.8, 4) is 0 Å². The van der Waals surface area contributed by atoms with E-state index < -0.39 is 0 Å². The highest BCUT2D eigenvalue weighted by molar-refractivity contribution is 5.27. The topological polar surface area (TPSA) is 12.0 Å². The Morgan fingerprint density at radius 3 is 2.67 bits per heavy atom. The summed E-state index contributed by atoms with van der Waals surface area (Å²) in [6, 6.07) is 5.86. The van der Waals surface area contributed by atoms with Crippen molar-refractivity contribution in [2.75, 3.05) is 13.1 Å². The highest BCUT2D eigenvalue weighted by atomic mass is 19.1. The molecule has 0 bridgehead atoms. The predicted octanol–water partition coefficient (Wildman–Crippen LogP) is 5.04. The first kappa shape index (κ1) is 16.5. The van der Waals surface area contributed by atoms with Crippen molar-refractivity contribution in [1.29, 1.82) is 0 Å². The zero-order chi connectivity index (χ0) is 15.2. The van der Waals surface area contributed by atoms with Crippen molar-refractivity contribution < 1.29 is 4.39 Å². The van der Waals surface area contributed by atoms with Crippen molar-refractivity contribution in [3.63, 3.8) is 0 Å². The third kappa shape index (κ3) is 4.81. The fourth-order valence-electron chi connectivity index (χ4n) is 3.46. The summed E-state index contributed by atoms with van der Waals surface area (Å²) in [6.07, 6.45) is 6.40. The maximum absolute atomic E-state index is 13.9. The van der Waals surface area contributed by atoms with Crippen molar-refractivity contribution >= 4 is 0 Å². The van der Waals surface area contributed by atoms with E-state index in [0.717, 1.165) is 18.7 Å². The number of rotatable bonds is 5. The first-order valence-electron chi connectivity index (χ1n) is 8.54. The monoisotopic (exact) mass is 291 g/mol. The third-order valence-corrected chi connectivity index (χ3v) is 4.74. The Kier molecular flexibility index (Phi) is 6.22. The van der Waals surface area contributed by atoms with Crippen LogP contribution in [0, 0.1) is 24.6 Å². The smallest absolute Gasteiger partial charge is 0.126 e. The molecule has 1 aliphatic carbocycles. The fourth-order valence-corrected chi connectivity index (χ4v) is 3.46. The van der Waals surface area contributed by atoms with Gasteiger partial charge in [0.05, 0.1) is 0 Å². The molecular formula is C19H30FN. The summed E-state index contributed by atoms with van der Waals surface area (Å²) >= 11 is 0. The fraction of sp³-hybridized carbons (Fsp3) is 0.684. The Bertz CT molecular complexity index is 441. The molecule has 0 radical (unpaired) electrons. The number of hydrogen-bond donors (Lipinski definition) is 1. The second kappa shape index (κ2) is 7.93. The largest absolute Gasteiger partial charge is 0.316 e. The van der Waals surface area contributed by atoms with E-state index in [-0.39, 0.29) is 5.82 Å². The van der Waals surface area contributed by atoms with Gasteiger partial charge in [0.1, 0.15) is 5.82 Å². The Hall–Kier alpha value is -0.890. The maximum Gasteiger partial charge on any atom is 0.126 e. The van der Waals surface area contributed by atoms with E-state index in [4.69, 9.17) is 0 Å². The summed E-state index contributed by atoms with van der Waals surface area (Å²) in [6.45, 7) is 8.47. The number of nitrogens with one attached hydrogen (secondary N) is 1. The molecule has 1 aromatic rings. The van der Waals surface area contributed by atoms with Gasteiger partial charge in [-0.2, -0.15) is 0 Å². The van der Waals surface area contributed by atoms with Crippen molar-refractivity contribution in [1.82, 2.24) is 5.32 Å². The van der Waals surface area contributed by atoms with Crippen LogP contribution in [0.1, 0.15) is 63.0 Å². The highest BCUT2D eigenvalue weighted by Gasteiger charge is 2.25. The van der Waals surface area contributed by atoms with E-state index in [1.165, 1.54) is 37.7 Å². The summed E-state index contributed by atoms with van der Waals surface area (Å²) in [5.74, 6) is 1.80. The van der Waals surface area contributed by atoms with Crippen LogP contribution in [0.5, 0.6) is 0 Å². The lowest BCUT2D eigenvalue weighted by molar-refractivity contribution is 0.365. The van der Waals surface area contributed by atoms with Gasteiger partial charge >= 0.3 is 0 Å². The normalized spacial score (nSPS) is 23.3. The van der Waals surface area contributed by atoms with Gasteiger partial charge in [0.2, 0.25) is 0 Å². The molecule has 1 fully saturated rings. The average Bonchev–Trinajstić information content (AvgIpc) is 2.67. The van der Waals surface area contributed by atoms with Gasteiger partial charge in [-0.25, -0.2) is 4.39 Å². The van der Waals surface area contributed by atoms with Gasteiger partial charge in [0.25, 0.3) is 0 Å². The van der Waals surface area contributed by atoms with Crippen molar-refractivity contribution in [2.45, 2.75) is 58.8 Å². The van der Waals surface area contributed by atoms with Crippen LogP contribution >= 0.6 is 0 Å². The van der Waals surface area contributed by atoms with Crippen LogP contribution in [0.3, 0.4) is 0 Å². The maximum atomic E-state index is 13.9. The highest BCUT2D eigenvalue weighted by Crippen LogP contribution is 2.36. The van der Waals surface area contributed by atoms with Crippen LogP contribution < -0.4 is 5.32 Å². The van der Waals surface area contributed by atoms with E-state index in [1.54, 1.807) is 6.07 Å². The van der Waals surface area contributed by atoms with Gasteiger partial charge in [-0.3, -0.25) is 0 Å². The predicted molar refractivity (Wildman–Crippen MR) is 88.2 cm³/mol. The zero-order valence-electron chi connectivity index (χ0n) is 13.8. The van der Waals surface area contributed by atoms with Gasteiger partial charge in [-0.15, -0.1) is 0 Å².